The topological polar surface area (TPSA) is 47.0 Å². The zero-order chi connectivity index (χ0) is 23.8. The number of carbonyl (C=O) groups excluding carboxylic acids is 1. The first-order valence-electron chi connectivity index (χ1n) is 12.0. The molecule has 1 aliphatic heterocycles. The maximum atomic E-state index is 12.7. The summed E-state index contributed by atoms with van der Waals surface area (Å²) in [5.74, 6) is 0.201. The van der Waals surface area contributed by atoms with E-state index in [1.165, 1.54) is 0 Å². The molecule has 0 atom stereocenters. The summed E-state index contributed by atoms with van der Waals surface area (Å²) in [4.78, 5) is 19.5. The number of rotatable bonds is 11. The van der Waals surface area contributed by atoms with Gasteiger partial charge in [0.05, 0.1) is 5.60 Å². The predicted octanol–water partition coefficient (Wildman–Crippen LogP) is 4.67. The van der Waals surface area contributed by atoms with Gasteiger partial charge in [-0.3, -0.25) is 4.79 Å². The fourth-order valence-electron chi connectivity index (χ4n) is 4.45. The van der Waals surface area contributed by atoms with Gasteiger partial charge in [0.15, 0.2) is 5.78 Å². The highest BCUT2D eigenvalue weighted by Gasteiger charge is 2.33. The fraction of sp³-hybridized carbons (Fsp3) is 0.519. The summed E-state index contributed by atoms with van der Waals surface area (Å²) >= 11 is 5.98. The number of anilines is 1. The fourth-order valence-corrected chi connectivity index (χ4v) is 4.58. The summed E-state index contributed by atoms with van der Waals surface area (Å²) in [6.45, 7) is 7.63. The smallest absolute Gasteiger partial charge is 0.162 e. The molecule has 1 aliphatic rings. The lowest BCUT2D eigenvalue weighted by atomic mass is 9.84. The van der Waals surface area contributed by atoms with Crippen LogP contribution in [0.1, 0.15) is 48.5 Å². The zero-order valence-electron chi connectivity index (χ0n) is 20.3. The van der Waals surface area contributed by atoms with E-state index in [1.807, 2.05) is 36.4 Å². The Labute approximate surface area is 203 Å². The molecule has 0 radical (unpaired) electrons. The van der Waals surface area contributed by atoms with Crippen LogP contribution in [-0.4, -0.2) is 74.1 Å². The second kappa shape index (κ2) is 12.0. The Morgan fingerprint density at radius 1 is 1.03 bits per heavy atom. The third-order valence-electron chi connectivity index (χ3n) is 6.70. The van der Waals surface area contributed by atoms with Crippen molar-refractivity contribution in [2.24, 2.45) is 0 Å². The molecule has 0 amide bonds. The molecule has 5 nitrogen and oxygen atoms in total. The van der Waals surface area contributed by atoms with Gasteiger partial charge in [0.1, 0.15) is 0 Å². The third kappa shape index (κ3) is 7.28. The number of piperidine rings is 1. The van der Waals surface area contributed by atoms with Crippen molar-refractivity contribution in [2.45, 2.75) is 38.2 Å². The van der Waals surface area contributed by atoms with Crippen LogP contribution in [0.3, 0.4) is 0 Å². The van der Waals surface area contributed by atoms with Crippen molar-refractivity contribution in [3.63, 3.8) is 0 Å². The van der Waals surface area contributed by atoms with Gasteiger partial charge in [0, 0.05) is 55.4 Å². The Kier molecular flexibility index (Phi) is 9.33. The maximum Gasteiger partial charge on any atom is 0.162 e. The Morgan fingerprint density at radius 2 is 1.67 bits per heavy atom. The Hall–Kier alpha value is -1.92. The molecule has 0 unspecified atom stereocenters. The normalized spacial score (nSPS) is 16.2. The molecule has 0 saturated carbocycles. The number of carbonyl (C=O) groups is 1. The van der Waals surface area contributed by atoms with Crippen molar-refractivity contribution < 1.29 is 9.90 Å². The van der Waals surface area contributed by atoms with E-state index < -0.39 is 5.60 Å². The van der Waals surface area contributed by atoms with Crippen LogP contribution in [0, 0.1) is 0 Å². The minimum atomic E-state index is -0.780. The van der Waals surface area contributed by atoms with E-state index in [1.54, 1.807) is 0 Å². The van der Waals surface area contributed by atoms with Gasteiger partial charge in [-0.1, -0.05) is 23.7 Å². The van der Waals surface area contributed by atoms with E-state index in [9.17, 15) is 9.90 Å². The number of hydrogen-bond acceptors (Lipinski definition) is 5. The first kappa shape index (κ1) is 25.7. The molecule has 3 rings (SSSR count). The summed E-state index contributed by atoms with van der Waals surface area (Å²) in [5, 5.41) is 11.7. The SMILES string of the molecule is CCN(CCN(C)C)c1ccc(C(=O)CCCN2CCC(O)(c3ccc(Cl)cc3)CC2)cc1. The zero-order valence-corrected chi connectivity index (χ0v) is 21.0. The van der Waals surface area contributed by atoms with E-state index in [0.717, 1.165) is 62.5 Å². The molecule has 1 saturated heterocycles. The largest absolute Gasteiger partial charge is 0.385 e. The molecule has 0 aromatic heterocycles. The van der Waals surface area contributed by atoms with Crippen LogP contribution >= 0.6 is 11.6 Å². The summed E-state index contributed by atoms with van der Waals surface area (Å²) < 4.78 is 0. The van der Waals surface area contributed by atoms with Crippen molar-refractivity contribution in [1.82, 2.24) is 9.80 Å². The molecule has 0 bridgehead atoms. The van der Waals surface area contributed by atoms with Crippen LogP contribution in [0.5, 0.6) is 0 Å². The first-order valence-corrected chi connectivity index (χ1v) is 12.4. The molecular weight excluding hydrogens is 434 g/mol. The molecule has 0 aliphatic carbocycles. The molecule has 2 aromatic rings. The molecule has 6 heteroatoms. The van der Waals surface area contributed by atoms with Crippen LogP contribution < -0.4 is 4.90 Å². The average molecular weight is 472 g/mol. The van der Waals surface area contributed by atoms with Crippen molar-refractivity contribution in [1.29, 1.82) is 0 Å². The van der Waals surface area contributed by atoms with Crippen LogP contribution in [0.2, 0.25) is 5.02 Å². The number of ketones is 1. The number of halogens is 1. The van der Waals surface area contributed by atoms with Gasteiger partial charge < -0.3 is 19.8 Å². The van der Waals surface area contributed by atoms with E-state index in [4.69, 9.17) is 11.6 Å². The molecule has 1 N–H and O–H groups in total. The number of Topliss-reactive ketones (excluding diaryl/α,β-unsaturated/α-hetero) is 1. The lowest BCUT2D eigenvalue weighted by Crippen LogP contribution is -2.42. The number of likely N-dealkylation sites (tertiary alicyclic amines) is 1. The highest BCUT2D eigenvalue weighted by Crippen LogP contribution is 2.33. The van der Waals surface area contributed by atoms with E-state index in [-0.39, 0.29) is 5.78 Å². The van der Waals surface area contributed by atoms with Gasteiger partial charge >= 0.3 is 0 Å². The molecule has 2 aromatic carbocycles. The van der Waals surface area contributed by atoms with Crippen LogP contribution in [0.15, 0.2) is 48.5 Å². The van der Waals surface area contributed by atoms with Crippen LogP contribution in [0.25, 0.3) is 0 Å². The van der Waals surface area contributed by atoms with Gasteiger partial charge in [-0.05, 0) is 88.8 Å². The van der Waals surface area contributed by atoms with E-state index in [2.05, 4.69) is 47.9 Å². The molecular formula is C27H38ClN3O2. The van der Waals surface area contributed by atoms with E-state index >= 15 is 0 Å². The Morgan fingerprint density at radius 3 is 2.24 bits per heavy atom. The number of hydrogen-bond donors (Lipinski definition) is 1. The maximum absolute atomic E-state index is 12.7. The van der Waals surface area contributed by atoms with E-state index in [0.29, 0.717) is 24.3 Å². The summed E-state index contributed by atoms with van der Waals surface area (Å²) in [5.41, 5.74) is 2.11. The summed E-state index contributed by atoms with van der Waals surface area (Å²) in [7, 11) is 4.17. The van der Waals surface area contributed by atoms with Crippen LogP contribution in [-0.2, 0) is 5.60 Å². The average Bonchev–Trinajstić information content (AvgIpc) is 2.81. The molecule has 180 valence electrons. The van der Waals surface area contributed by atoms with Gasteiger partial charge in [0.2, 0.25) is 0 Å². The van der Waals surface area contributed by atoms with Crippen molar-refractivity contribution in [2.75, 3.05) is 58.3 Å². The Bertz CT molecular complexity index is 875. The van der Waals surface area contributed by atoms with Gasteiger partial charge in [-0.15, -0.1) is 0 Å². The number of benzene rings is 2. The summed E-state index contributed by atoms with van der Waals surface area (Å²) in [6.07, 6.45) is 2.79. The monoisotopic (exact) mass is 471 g/mol. The minimum Gasteiger partial charge on any atom is -0.385 e. The van der Waals surface area contributed by atoms with Crippen molar-refractivity contribution in [3.05, 3.63) is 64.7 Å². The third-order valence-corrected chi connectivity index (χ3v) is 6.95. The standard InChI is InChI=1S/C27H38ClN3O2/c1-4-31(21-20-29(2)3)25-13-7-22(8-14-25)26(32)6-5-17-30-18-15-27(33,16-19-30)23-9-11-24(28)12-10-23/h7-14,33H,4-6,15-21H2,1-3H3. The second-order valence-electron chi connectivity index (χ2n) is 9.34. The predicted molar refractivity (Wildman–Crippen MR) is 137 cm³/mol. The lowest BCUT2D eigenvalue weighted by molar-refractivity contribution is -0.0260. The lowest BCUT2D eigenvalue weighted by Gasteiger charge is -2.38. The highest BCUT2D eigenvalue weighted by atomic mass is 35.5. The summed E-state index contributed by atoms with van der Waals surface area (Å²) in [6, 6.07) is 15.6. The van der Waals surface area contributed by atoms with Crippen molar-refractivity contribution in [3.8, 4) is 0 Å². The molecule has 0 spiro atoms. The first-order chi connectivity index (χ1) is 15.8. The van der Waals surface area contributed by atoms with Gasteiger partial charge in [-0.25, -0.2) is 0 Å². The Balaban J connectivity index is 1.43. The highest BCUT2D eigenvalue weighted by molar-refractivity contribution is 6.30. The van der Waals surface area contributed by atoms with Crippen molar-refractivity contribution >= 4 is 23.1 Å². The molecule has 1 heterocycles. The number of aliphatic hydroxyl groups is 1. The number of likely N-dealkylation sites (N-methyl/N-ethyl adjacent to an activating group) is 2. The molecule has 33 heavy (non-hydrogen) atoms. The quantitative estimate of drug-likeness (QED) is 0.482. The van der Waals surface area contributed by atoms with Gasteiger partial charge in [0.25, 0.3) is 0 Å². The number of nitrogens with zero attached hydrogens (tertiary/aromatic N) is 3. The van der Waals surface area contributed by atoms with Crippen LogP contribution in [0.4, 0.5) is 5.69 Å². The minimum absolute atomic E-state index is 0.201. The van der Waals surface area contributed by atoms with Gasteiger partial charge in [-0.2, -0.15) is 0 Å². The molecule has 1 fully saturated rings. The second-order valence-corrected chi connectivity index (χ2v) is 9.77.